The van der Waals surface area contributed by atoms with Crippen LogP contribution in [0, 0.1) is 11.3 Å². The third-order valence-corrected chi connectivity index (χ3v) is 3.94. The number of rotatable bonds is 11. The van der Waals surface area contributed by atoms with Crippen LogP contribution in [-0.4, -0.2) is 25.8 Å². The maximum Gasteiger partial charge on any atom is 0.0471 e. The van der Waals surface area contributed by atoms with Crippen molar-refractivity contribution in [3.63, 3.8) is 0 Å². The molecule has 0 aromatic heterocycles. The van der Waals surface area contributed by atoms with E-state index in [0.29, 0.717) is 5.41 Å². The molecule has 1 atom stereocenters. The molecule has 1 fully saturated rings. The highest BCUT2D eigenvalue weighted by Crippen LogP contribution is 2.29. The minimum Gasteiger partial charge on any atom is -0.381 e. The van der Waals surface area contributed by atoms with Gasteiger partial charge in [0.1, 0.15) is 0 Å². The van der Waals surface area contributed by atoms with Crippen LogP contribution in [0.15, 0.2) is 0 Å². The van der Waals surface area contributed by atoms with Crippen LogP contribution in [0.1, 0.15) is 66.2 Å². The monoisotopic (exact) mass is 255 g/mol. The predicted octanol–water partition coefficient (Wildman–Crippen LogP) is 4.00. The van der Waals surface area contributed by atoms with E-state index in [1.54, 1.807) is 0 Å². The maximum absolute atomic E-state index is 5.78. The fourth-order valence-corrected chi connectivity index (χ4v) is 2.32. The second-order valence-corrected chi connectivity index (χ2v) is 6.76. The molecule has 2 nitrogen and oxygen atoms in total. The van der Waals surface area contributed by atoms with Gasteiger partial charge in [-0.2, -0.15) is 0 Å². The van der Waals surface area contributed by atoms with Gasteiger partial charge >= 0.3 is 0 Å². The molecule has 0 bridgehead atoms. The van der Waals surface area contributed by atoms with Gasteiger partial charge in [-0.15, -0.1) is 0 Å². The van der Waals surface area contributed by atoms with Crippen molar-refractivity contribution in [3.8, 4) is 0 Å². The molecule has 0 heterocycles. The molecule has 2 heteroatoms. The number of nitrogens with one attached hydrogen (secondary N) is 1. The first-order valence-corrected chi connectivity index (χ1v) is 7.87. The third kappa shape index (κ3) is 7.38. The summed E-state index contributed by atoms with van der Waals surface area (Å²) in [6.45, 7) is 12.2. The van der Waals surface area contributed by atoms with Crippen molar-refractivity contribution in [3.05, 3.63) is 0 Å². The highest BCUT2D eigenvalue weighted by Gasteiger charge is 2.27. The van der Waals surface area contributed by atoms with E-state index in [1.165, 1.54) is 45.1 Å². The fraction of sp³-hybridized carbons (Fsp3) is 1.00. The molecule has 1 aliphatic carbocycles. The van der Waals surface area contributed by atoms with Crippen LogP contribution in [0.5, 0.6) is 0 Å². The SMILES string of the molecule is CCCC(C)(CCOCCC(C)C)CNC1CC1. The van der Waals surface area contributed by atoms with Crippen LogP contribution < -0.4 is 5.32 Å². The molecule has 0 aromatic rings. The van der Waals surface area contributed by atoms with Crippen molar-refractivity contribution in [2.45, 2.75) is 72.3 Å². The zero-order chi connectivity index (χ0) is 13.4. The topological polar surface area (TPSA) is 21.3 Å². The zero-order valence-corrected chi connectivity index (χ0v) is 12.9. The normalized spacial score (nSPS) is 19.2. The molecule has 0 aromatic carbocycles. The molecular weight excluding hydrogens is 222 g/mol. The van der Waals surface area contributed by atoms with E-state index in [4.69, 9.17) is 4.74 Å². The smallest absolute Gasteiger partial charge is 0.0471 e. The quantitative estimate of drug-likeness (QED) is 0.564. The van der Waals surface area contributed by atoms with E-state index < -0.39 is 0 Å². The predicted molar refractivity (Wildman–Crippen MR) is 78.9 cm³/mol. The summed E-state index contributed by atoms with van der Waals surface area (Å²) in [6, 6.07) is 0.822. The van der Waals surface area contributed by atoms with Gasteiger partial charge in [-0.05, 0) is 43.4 Å². The van der Waals surface area contributed by atoms with Gasteiger partial charge < -0.3 is 10.1 Å². The Morgan fingerprint density at radius 1 is 1.22 bits per heavy atom. The Kier molecular flexibility index (Phi) is 7.25. The van der Waals surface area contributed by atoms with E-state index in [0.717, 1.165) is 25.2 Å². The summed E-state index contributed by atoms with van der Waals surface area (Å²) >= 11 is 0. The Balaban J connectivity index is 2.14. The van der Waals surface area contributed by atoms with E-state index in [1.807, 2.05) is 0 Å². The van der Waals surface area contributed by atoms with E-state index in [9.17, 15) is 0 Å². The van der Waals surface area contributed by atoms with Crippen LogP contribution in [0.25, 0.3) is 0 Å². The molecule has 0 aliphatic heterocycles. The Morgan fingerprint density at radius 2 is 1.94 bits per heavy atom. The second-order valence-electron chi connectivity index (χ2n) is 6.76. The summed E-state index contributed by atoms with van der Waals surface area (Å²) in [5.41, 5.74) is 0.426. The number of hydrogen-bond donors (Lipinski definition) is 1. The highest BCUT2D eigenvalue weighted by atomic mass is 16.5. The Hall–Kier alpha value is -0.0800. The van der Waals surface area contributed by atoms with Gasteiger partial charge in [0.2, 0.25) is 0 Å². The van der Waals surface area contributed by atoms with Crippen molar-refractivity contribution in [1.29, 1.82) is 0 Å². The first-order chi connectivity index (χ1) is 8.56. The molecule has 1 N–H and O–H groups in total. The van der Waals surface area contributed by atoms with Gasteiger partial charge in [-0.1, -0.05) is 34.1 Å². The average molecular weight is 255 g/mol. The van der Waals surface area contributed by atoms with E-state index in [-0.39, 0.29) is 0 Å². The van der Waals surface area contributed by atoms with Crippen molar-refractivity contribution in [2.75, 3.05) is 19.8 Å². The number of ether oxygens (including phenoxy) is 1. The molecule has 0 amide bonds. The first kappa shape index (κ1) is 16.0. The Bertz CT molecular complexity index is 213. The molecule has 1 unspecified atom stereocenters. The maximum atomic E-state index is 5.78. The van der Waals surface area contributed by atoms with E-state index >= 15 is 0 Å². The summed E-state index contributed by atoms with van der Waals surface area (Å²) in [4.78, 5) is 0. The molecule has 1 aliphatic rings. The molecule has 108 valence electrons. The first-order valence-electron chi connectivity index (χ1n) is 7.87. The van der Waals surface area contributed by atoms with Gasteiger partial charge in [0.05, 0.1) is 0 Å². The van der Waals surface area contributed by atoms with Crippen LogP contribution >= 0.6 is 0 Å². The summed E-state index contributed by atoms with van der Waals surface area (Å²) in [6.07, 6.45) is 7.72. The lowest BCUT2D eigenvalue weighted by molar-refractivity contribution is 0.0873. The van der Waals surface area contributed by atoms with Crippen LogP contribution in [0.4, 0.5) is 0 Å². The van der Waals surface area contributed by atoms with Crippen LogP contribution in [0.3, 0.4) is 0 Å². The molecule has 0 spiro atoms. The molecule has 0 saturated heterocycles. The van der Waals surface area contributed by atoms with Gasteiger partial charge in [0.25, 0.3) is 0 Å². The lowest BCUT2D eigenvalue weighted by Gasteiger charge is -2.30. The average Bonchev–Trinajstić information content (AvgIpc) is 3.10. The molecule has 1 rings (SSSR count). The number of hydrogen-bond acceptors (Lipinski definition) is 2. The van der Waals surface area contributed by atoms with Crippen LogP contribution in [0.2, 0.25) is 0 Å². The van der Waals surface area contributed by atoms with Crippen molar-refractivity contribution in [1.82, 2.24) is 5.32 Å². The van der Waals surface area contributed by atoms with Gasteiger partial charge in [0, 0.05) is 25.8 Å². The van der Waals surface area contributed by atoms with E-state index in [2.05, 4.69) is 33.0 Å². The van der Waals surface area contributed by atoms with Crippen molar-refractivity contribution < 1.29 is 4.74 Å². The minimum absolute atomic E-state index is 0.426. The molecule has 0 radical (unpaired) electrons. The third-order valence-electron chi connectivity index (χ3n) is 3.94. The van der Waals surface area contributed by atoms with Crippen molar-refractivity contribution >= 4 is 0 Å². The molecule has 1 saturated carbocycles. The lowest BCUT2D eigenvalue weighted by Crippen LogP contribution is -2.34. The standard InChI is InChI=1S/C16H33NO/c1-5-9-16(4,13-17-15-6-7-15)10-12-18-11-8-14(2)3/h14-15,17H,5-13H2,1-4H3. The zero-order valence-electron chi connectivity index (χ0n) is 12.9. The Labute approximate surface area is 114 Å². The lowest BCUT2D eigenvalue weighted by atomic mass is 9.82. The van der Waals surface area contributed by atoms with Gasteiger partial charge in [0.15, 0.2) is 0 Å². The van der Waals surface area contributed by atoms with Gasteiger partial charge in [-0.3, -0.25) is 0 Å². The van der Waals surface area contributed by atoms with Crippen LogP contribution in [-0.2, 0) is 4.74 Å². The highest BCUT2D eigenvalue weighted by molar-refractivity contribution is 4.85. The summed E-state index contributed by atoms with van der Waals surface area (Å²) in [5, 5.41) is 3.69. The van der Waals surface area contributed by atoms with Crippen molar-refractivity contribution in [2.24, 2.45) is 11.3 Å². The molecular formula is C16H33NO. The summed E-state index contributed by atoms with van der Waals surface area (Å²) in [5.74, 6) is 0.753. The summed E-state index contributed by atoms with van der Waals surface area (Å²) < 4.78 is 5.78. The Morgan fingerprint density at radius 3 is 2.50 bits per heavy atom. The second kappa shape index (κ2) is 8.16. The largest absolute Gasteiger partial charge is 0.381 e. The fourth-order valence-electron chi connectivity index (χ4n) is 2.32. The minimum atomic E-state index is 0.426. The summed E-state index contributed by atoms with van der Waals surface area (Å²) in [7, 11) is 0. The molecule has 18 heavy (non-hydrogen) atoms. The van der Waals surface area contributed by atoms with Gasteiger partial charge in [-0.25, -0.2) is 0 Å².